The molecule has 21 heavy (non-hydrogen) atoms. The highest BCUT2D eigenvalue weighted by atomic mass is 35.5. The number of nitrogens with zero attached hydrogens (tertiary/aromatic N) is 1. The van der Waals surface area contributed by atoms with Crippen LogP contribution in [0, 0.1) is 0 Å². The van der Waals surface area contributed by atoms with E-state index >= 15 is 0 Å². The zero-order valence-electron chi connectivity index (χ0n) is 11.9. The third-order valence-electron chi connectivity index (χ3n) is 4.38. The number of rotatable bonds is 1. The molecule has 1 aliphatic rings. The van der Waals surface area contributed by atoms with Gasteiger partial charge in [0.15, 0.2) is 0 Å². The molecule has 0 radical (unpaired) electrons. The second kappa shape index (κ2) is 4.62. The van der Waals surface area contributed by atoms with Gasteiger partial charge in [-0.15, -0.1) is 11.6 Å². The number of aromatic nitrogens is 1. The predicted molar refractivity (Wildman–Crippen MR) is 87.7 cm³/mol. The minimum Gasteiger partial charge on any atom is -0.361 e. The molecule has 0 saturated carbocycles. The fourth-order valence-corrected chi connectivity index (χ4v) is 3.90. The maximum absolute atomic E-state index is 7.14. The van der Waals surface area contributed by atoms with Gasteiger partial charge in [0.1, 0.15) is 4.87 Å². The zero-order valence-corrected chi connectivity index (χ0v) is 12.7. The monoisotopic (exact) mass is 296 g/mol. The SMILES string of the molecule is CN1Cc2ccccc2C(Cl)(c2ccc3cc[nH]c3c2)C1. The number of hydrogen-bond donors (Lipinski definition) is 1. The Morgan fingerprint density at radius 3 is 2.90 bits per heavy atom. The van der Waals surface area contributed by atoms with Crippen molar-refractivity contribution in [3.05, 3.63) is 71.4 Å². The number of alkyl halides is 1. The van der Waals surface area contributed by atoms with Crippen molar-refractivity contribution < 1.29 is 0 Å². The summed E-state index contributed by atoms with van der Waals surface area (Å²) >= 11 is 7.14. The lowest BCUT2D eigenvalue weighted by molar-refractivity contribution is 0.279. The summed E-state index contributed by atoms with van der Waals surface area (Å²) in [7, 11) is 2.13. The van der Waals surface area contributed by atoms with E-state index in [1.54, 1.807) is 0 Å². The Morgan fingerprint density at radius 2 is 2.00 bits per heavy atom. The van der Waals surface area contributed by atoms with Crippen LogP contribution < -0.4 is 0 Å². The summed E-state index contributed by atoms with van der Waals surface area (Å²) in [6.45, 7) is 1.77. The van der Waals surface area contributed by atoms with E-state index in [0.717, 1.165) is 24.2 Å². The molecule has 106 valence electrons. The zero-order chi connectivity index (χ0) is 14.4. The number of fused-ring (bicyclic) bond motifs is 2. The van der Waals surface area contributed by atoms with E-state index in [1.807, 2.05) is 6.20 Å². The Morgan fingerprint density at radius 1 is 1.14 bits per heavy atom. The van der Waals surface area contributed by atoms with Gasteiger partial charge in [-0.3, -0.25) is 4.90 Å². The number of H-pyrrole nitrogens is 1. The van der Waals surface area contributed by atoms with Crippen LogP contribution in [0.3, 0.4) is 0 Å². The van der Waals surface area contributed by atoms with Crippen molar-refractivity contribution in [1.29, 1.82) is 0 Å². The molecule has 0 aliphatic carbocycles. The molecule has 4 rings (SSSR count). The van der Waals surface area contributed by atoms with E-state index in [1.165, 1.54) is 16.5 Å². The highest BCUT2D eigenvalue weighted by molar-refractivity contribution is 6.26. The quantitative estimate of drug-likeness (QED) is 0.670. The molecular formula is C18H17ClN2. The summed E-state index contributed by atoms with van der Waals surface area (Å²) < 4.78 is 0. The molecule has 1 atom stereocenters. The molecule has 3 aromatic rings. The van der Waals surface area contributed by atoms with E-state index in [-0.39, 0.29) is 0 Å². The summed E-state index contributed by atoms with van der Waals surface area (Å²) in [6.07, 6.45) is 1.97. The van der Waals surface area contributed by atoms with Gasteiger partial charge in [-0.2, -0.15) is 0 Å². The molecule has 1 aliphatic heterocycles. The first kappa shape index (κ1) is 12.9. The smallest absolute Gasteiger partial charge is 0.107 e. The Hall–Kier alpha value is -1.77. The highest BCUT2D eigenvalue weighted by Crippen LogP contribution is 2.43. The van der Waals surface area contributed by atoms with Crippen molar-refractivity contribution in [2.75, 3.05) is 13.6 Å². The van der Waals surface area contributed by atoms with Gasteiger partial charge in [0.05, 0.1) is 0 Å². The van der Waals surface area contributed by atoms with E-state index in [9.17, 15) is 0 Å². The molecule has 1 aromatic heterocycles. The third-order valence-corrected chi connectivity index (χ3v) is 4.93. The maximum atomic E-state index is 7.14. The van der Waals surface area contributed by atoms with Crippen LogP contribution in [0.5, 0.6) is 0 Å². The van der Waals surface area contributed by atoms with Crippen molar-refractivity contribution in [1.82, 2.24) is 9.88 Å². The van der Waals surface area contributed by atoms with Gasteiger partial charge in [0.2, 0.25) is 0 Å². The number of hydrogen-bond acceptors (Lipinski definition) is 1. The van der Waals surface area contributed by atoms with Gasteiger partial charge < -0.3 is 4.98 Å². The average Bonchev–Trinajstić information content (AvgIpc) is 2.94. The molecule has 0 saturated heterocycles. The first-order valence-corrected chi connectivity index (χ1v) is 7.58. The molecule has 0 fully saturated rings. The minimum absolute atomic E-state index is 0.483. The van der Waals surface area contributed by atoms with Gasteiger partial charge in [0.25, 0.3) is 0 Å². The minimum atomic E-state index is -0.483. The Bertz CT molecular complexity index is 808. The van der Waals surface area contributed by atoms with Crippen LogP contribution in [-0.4, -0.2) is 23.5 Å². The summed E-state index contributed by atoms with van der Waals surface area (Å²) in [5.41, 5.74) is 4.83. The Labute approximate surface area is 129 Å². The van der Waals surface area contributed by atoms with Gasteiger partial charge >= 0.3 is 0 Å². The van der Waals surface area contributed by atoms with E-state index in [0.29, 0.717) is 0 Å². The number of aromatic amines is 1. The van der Waals surface area contributed by atoms with Crippen LogP contribution in [0.25, 0.3) is 10.9 Å². The molecule has 1 N–H and O–H groups in total. The lowest BCUT2D eigenvalue weighted by Gasteiger charge is -2.39. The Kier molecular flexibility index (Phi) is 2.84. The molecule has 2 aromatic carbocycles. The average molecular weight is 297 g/mol. The third kappa shape index (κ3) is 1.98. The van der Waals surface area contributed by atoms with E-state index in [2.05, 4.69) is 65.5 Å². The molecule has 0 bridgehead atoms. The fraction of sp³-hybridized carbons (Fsp3) is 0.222. The van der Waals surface area contributed by atoms with Crippen LogP contribution >= 0.6 is 11.6 Å². The topological polar surface area (TPSA) is 19.0 Å². The van der Waals surface area contributed by atoms with Gasteiger partial charge in [-0.05, 0) is 41.3 Å². The maximum Gasteiger partial charge on any atom is 0.107 e. The number of likely N-dealkylation sites (N-methyl/N-ethyl adjacent to an activating group) is 1. The van der Waals surface area contributed by atoms with Crippen molar-refractivity contribution >= 4 is 22.5 Å². The second-order valence-corrected chi connectivity index (χ2v) is 6.56. The van der Waals surface area contributed by atoms with Crippen molar-refractivity contribution in [2.45, 2.75) is 11.4 Å². The first-order valence-electron chi connectivity index (χ1n) is 7.20. The summed E-state index contributed by atoms with van der Waals surface area (Å²) in [4.78, 5) is 5.08. The van der Waals surface area contributed by atoms with Crippen LogP contribution in [0.15, 0.2) is 54.7 Å². The van der Waals surface area contributed by atoms with Crippen molar-refractivity contribution in [2.24, 2.45) is 0 Å². The normalized spacial score (nSPS) is 22.4. The molecule has 0 spiro atoms. The number of halogens is 1. The molecule has 2 heterocycles. The largest absolute Gasteiger partial charge is 0.361 e. The van der Waals surface area contributed by atoms with Crippen LogP contribution in [-0.2, 0) is 11.4 Å². The fourth-order valence-electron chi connectivity index (χ4n) is 3.39. The summed E-state index contributed by atoms with van der Waals surface area (Å²) in [5, 5.41) is 1.22. The van der Waals surface area contributed by atoms with Crippen LogP contribution in [0.1, 0.15) is 16.7 Å². The van der Waals surface area contributed by atoms with Gasteiger partial charge in [-0.1, -0.05) is 36.4 Å². The van der Waals surface area contributed by atoms with Crippen LogP contribution in [0.2, 0.25) is 0 Å². The summed E-state index contributed by atoms with van der Waals surface area (Å²) in [6, 6.07) is 17.1. The van der Waals surface area contributed by atoms with Crippen molar-refractivity contribution in [3.63, 3.8) is 0 Å². The molecule has 1 unspecified atom stereocenters. The van der Waals surface area contributed by atoms with Gasteiger partial charge in [0, 0.05) is 24.8 Å². The van der Waals surface area contributed by atoms with E-state index < -0.39 is 4.87 Å². The van der Waals surface area contributed by atoms with Crippen LogP contribution in [0.4, 0.5) is 0 Å². The Balaban J connectivity index is 1.92. The first-order chi connectivity index (χ1) is 10.2. The lowest BCUT2D eigenvalue weighted by Crippen LogP contribution is -2.41. The second-order valence-electron chi connectivity index (χ2n) is 5.91. The van der Waals surface area contributed by atoms with Gasteiger partial charge in [-0.25, -0.2) is 0 Å². The molecule has 2 nitrogen and oxygen atoms in total. The number of nitrogens with one attached hydrogen (secondary N) is 1. The number of benzene rings is 2. The molecule has 3 heteroatoms. The highest BCUT2D eigenvalue weighted by Gasteiger charge is 2.38. The standard InChI is InChI=1S/C18H17ClN2/c1-21-11-14-4-2-3-5-16(14)18(19,12-21)15-7-6-13-8-9-20-17(13)10-15/h2-10,20H,11-12H2,1H3. The lowest BCUT2D eigenvalue weighted by atomic mass is 9.83. The van der Waals surface area contributed by atoms with Crippen molar-refractivity contribution in [3.8, 4) is 0 Å². The summed E-state index contributed by atoms with van der Waals surface area (Å²) in [5.74, 6) is 0. The van der Waals surface area contributed by atoms with E-state index in [4.69, 9.17) is 11.6 Å². The molecular weight excluding hydrogens is 280 g/mol. The molecule has 0 amide bonds. The predicted octanol–water partition coefficient (Wildman–Crippen LogP) is 4.10.